The summed E-state index contributed by atoms with van der Waals surface area (Å²) in [4.78, 5) is 13.3. The highest BCUT2D eigenvalue weighted by atomic mass is 19.3. The van der Waals surface area contributed by atoms with Crippen LogP contribution in [0.25, 0.3) is 27.9 Å². The fourth-order valence-corrected chi connectivity index (χ4v) is 3.32. The summed E-state index contributed by atoms with van der Waals surface area (Å²) in [5.74, 6) is 0.995. The molecule has 0 saturated carbocycles. The summed E-state index contributed by atoms with van der Waals surface area (Å²) >= 11 is 0. The van der Waals surface area contributed by atoms with Crippen molar-refractivity contribution in [1.82, 2.24) is 29.1 Å². The molecule has 0 aromatic carbocycles. The number of hydrogen-bond acceptors (Lipinski definition) is 6. The van der Waals surface area contributed by atoms with Crippen LogP contribution in [-0.4, -0.2) is 55.3 Å². The second kappa shape index (κ2) is 7.70. The molecule has 8 nitrogen and oxygen atoms in total. The molecule has 4 aromatic heterocycles. The summed E-state index contributed by atoms with van der Waals surface area (Å²) in [7, 11) is 1.64. The summed E-state index contributed by atoms with van der Waals surface area (Å²) < 4.78 is 34.2. The van der Waals surface area contributed by atoms with Crippen molar-refractivity contribution in [2.75, 3.05) is 19.0 Å². The van der Waals surface area contributed by atoms with Crippen molar-refractivity contribution < 1.29 is 13.5 Å². The molecule has 1 N–H and O–H groups in total. The van der Waals surface area contributed by atoms with Crippen molar-refractivity contribution in [2.45, 2.75) is 32.9 Å². The fraction of sp³-hybridized carbons (Fsp3) is 0.368. The molecule has 0 aliphatic carbocycles. The maximum atomic E-state index is 13.0. The first-order chi connectivity index (χ1) is 14.0. The number of methoxy groups -OCH3 is 1. The molecular weight excluding hydrogens is 380 g/mol. The molecule has 0 fully saturated rings. The zero-order chi connectivity index (χ0) is 20.5. The summed E-state index contributed by atoms with van der Waals surface area (Å²) in [6.45, 7) is 3.77. The van der Waals surface area contributed by atoms with Gasteiger partial charge in [-0.3, -0.25) is 0 Å². The van der Waals surface area contributed by atoms with Crippen LogP contribution in [0.4, 0.5) is 14.7 Å². The SMILES string of the molecule is COC[C@@H](C)Nc1ncc2c(-c3ccc4nc(C)n(CC(F)F)c4n3)ccn2n1. The summed E-state index contributed by atoms with van der Waals surface area (Å²) in [6.07, 6.45) is 1.04. The van der Waals surface area contributed by atoms with Crippen molar-refractivity contribution in [3.8, 4) is 11.3 Å². The highest BCUT2D eigenvalue weighted by Crippen LogP contribution is 2.26. The third-order valence-corrected chi connectivity index (χ3v) is 4.59. The first-order valence-corrected chi connectivity index (χ1v) is 9.18. The van der Waals surface area contributed by atoms with Gasteiger partial charge in [-0.25, -0.2) is 28.2 Å². The van der Waals surface area contributed by atoms with E-state index in [4.69, 9.17) is 4.74 Å². The van der Waals surface area contributed by atoms with E-state index in [1.54, 1.807) is 30.8 Å². The second-order valence-corrected chi connectivity index (χ2v) is 6.84. The molecule has 4 aromatic rings. The number of pyridine rings is 1. The van der Waals surface area contributed by atoms with E-state index < -0.39 is 13.0 Å². The quantitative estimate of drug-likeness (QED) is 0.512. The predicted molar refractivity (Wildman–Crippen MR) is 105 cm³/mol. The zero-order valence-corrected chi connectivity index (χ0v) is 16.3. The third-order valence-electron chi connectivity index (χ3n) is 4.59. The molecule has 0 aliphatic rings. The molecular formula is C19H21F2N7O. The van der Waals surface area contributed by atoms with Crippen LogP contribution >= 0.6 is 0 Å². The Balaban J connectivity index is 1.71. The highest BCUT2D eigenvalue weighted by molar-refractivity contribution is 5.82. The van der Waals surface area contributed by atoms with E-state index >= 15 is 0 Å². The molecule has 29 heavy (non-hydrogen) atoms. The van der Waals surface area contributed by atoms with Crippen LogP contribution in [0.5, 0.6) is 0 Å². The number of aryl methyl sites for hydroxylation is 1. The van der Waals surface area contributed by atoms with Gasteiger partial charge in [0.05, 0.1) is 30.6 Å². The van der Waals surface area contributed by atoms with Crippen LogP contribution in [0.3, 0.4) is 0 Å². The largest absolute Gasteiger partial charge is 0.383 e. The molecule has 0 unspecified atom stereocenters. The van der Waals surface area contributed by atoms with Crippen LogP contribution < -0.4 is 5.32 Å². The number of anilines is 1. The van der Waals surface area contributed by atoms with Crippen molar-refractivity contribution in [2.24, 2.45) is 0 Å². The van der Waals surface area contributed by atoms with E-state index in [1.807, 2.05) is 25.3 Å². The Morgan fingerprint density at radius 1 is 1.21 bits per heavy atom. The molecule has 152 valence electrons. The Labute approximate surface area is 165 Å². The van der Waals surface area contributed by atoms with E-state index in [1.165, 1.54) is 4.57 Å². The van der Waals surface area contributed by atoms with Gasteiger partial charge in [-0.1, -0.05) is 0 Å². The molecule has 0 bridgehead atoms. The number of halogens is 2. The van der Waals surface area contributed by atoms with Crippen molar-refractivity contribution >= 4 is 22.6 Å². The number of imidazole rings is 1. The minimum absolute atomic E-state index is 0.0647. The molecule has 10 heteroatoms. The van der Waals surface area contributed by atoms with E-state index in [-0.39, 0.29) is 6.04 Å². The first kappa shape index (κ1) is 19.2. The molecule has 4 heterocycles. The molecule has 0 spiro atoms. The number of nitrogens with zero attached hydrogens (tertiary/aromatic N) is 6. The van der Waals surface area contributed by atoms with Gasteiger partial charge in [0.15, 0.2) is 5.65 Å². The number of rotatable bonds is 7. The van der Waals surface area contributed by atoms with Gasteiger partial charge >= 0.3 is 0 Å². The molecule has 0 saturated heterocycles. The number of hydrogen-bond donors (Lipinski definition) is 1. The van der Waals surface area contributed by atoms with E-state index in [0.717, 1.165) is 11.1 Å². The Morgan fingerprint density at radius 3 is 2.79 bits per heavy atom. The van der Waals surface area contributed by atoms with Gasteiger partial charge < -0.3 is 14.6 Å². The van der Waals surface area contributed by atoms with Crippen LogP contribution in [0.15, 0.2) is 30.6 Å². The average molecular weight is 401 g/mol. The van der Waals surface area contributed by atoms with Gasteiger partial charge in [0, 0.05) is 24.9 Å². The second-order valence-electron chi connectivity index (χ2n) is 6.84. The Hall–Kier alpha value is -3.14. The summed E-state index contributed by atoms with van der Waals surface area (Å²) in [5, 5.41) is 7.63. The number of alkyl halides is 2. The molecule has 1 atom stereocenters. The molecule has 0 amide bonds. The predicted octanol–water partition coefficient (Wildman–Crippen LogP) is 3.16. The minimum atomic E-state index is -2.48. The van der Waals surface area contributed by atoms with E-state index in [2.05, 4.69) is 25.4 Å². The fourth-order valence-electron chi connectivity index (χ4n) is 3.32. The number of ether oxygens (including phenoxy) is 1. The Bertz CT molecular complexity index is 1150. The minimum Gasteiger partial charge on any atom is -0.383 e. The van der Waals surface area contributed by atoms with Crippen molar-refractivity contribution in [3.63, 3.8) is 0 Å². The normalized spacial score (nSPS) is 12.9. The topological polar surface area (TPSA) is 82.2 Å². The molecule has 4 rings (SSSR count). The van der Waals surface area contributed by atoms with Gasteiger partial charge in [0.2, 0.25) is 5.95 Å². The van der Waals surface area contributed by atoms with Crippen molar-refractivity contribution in [3.05, 3.63) is 36.4 Å². The lowest BCUT2D eigenvalue weighted by molar-refractivity contribution is 0.127. The lowest BCUT2D eigenvalue weighted by atomic mass is 10.2. The van der Waals surface area contributed by atoms with Gasteiger partial charge in [0.1, 0.15) is 11.3 Å². The number of fused-ring (bicyclic) bond motifs is 2. The van der Waals surface area contributed by atoms with Gasteiger partial charge in [-0.2, -0.15) is 0 Å². The lowest BCUT2D eigenvalue weighted by Gasteiger charge is -2.12. The van der Waals surface area contributed by atoms with Crippen LogP contribution in [-0.2, 0) is 11.3 Å². The Morgan fingerprint density at radius 2 is 2.03 bits per heavy atom. The van der Waals surface area contributed by atoms with Gasteiger partial charge in [-0.05, 0) is 32.0 Å². The smallest absolute Gasteiger partial charge is 0.256 e. The molecule has 0 aliphatic heterocycles. The summed E-state index contributed by atoms with van der Waals surface area (Å²) in [6, 6.07) is 5.56. The molecule has 0 radical (unpaired) electrons. The summed E-state index contributed by atoms with van der Waals surface area (Å²) in [5.41, 5.74) is 3.24. The third kappa shape index (κ3) is 3.75. The monoisotopic (exact) mass is 401 g/mol. The zero-order valence-electron chi connectivity index (χ0n) is 16.3. The van der Waals surface area contributed by atoms with Gasteiger partial charge in [-0.15, -0.1) is 5.10 Å². The highest BCUT2D eigenvalue weighted by Gasteiger charge is 2.16. The van der Waals surface area contributed by atoms with E-state index in [0.29, 0.717) is 35.2 Å². The number of aromatic nitrogens is 6. The Kier molecular flexibility index (Phi) is 5.10. The standard InChI is InChI=1S/C19H21F2N7O/c1-11(10-29-3)23-19-22-8-16-13(6-7-28(16)26-19)14-4-5-15-18(25-14)27(9-17(20)21)12(2)24-15/h4-8,11,17H,9-10H2,1-3H3,(H,23,26)/t11-/m1/s1. The van der Waals surface area contributed by atoms with Crippen LogP contribution in [0.2, 0.25) is 0 Å². The van der Waals surface area contributed by atoms with Crippen LogP contribution in [0.1, 0.15) is 12.7 Å². The average Bonchev–Trinajstić information content (AvgIpc) is 3.22. The van der Waals surface area contributed by atoms with Crippen LogP contribution in [0, 0.1) is 6.92 Å². The van der Waals surface area contributed by atoms with Gasteiger partial charge in [0.25, 0.3) is 6.43 Å². The van der Waals surface area contributed by atoms with E-state index in [9.17, 15) is 8.78 Å². The lowest BCUT2D eigenvalue weighted by Crippen LogP contribution is -2.22. The number of nitrogens with one attached hydrogen (secondary N) is 1. The maximum Gasteiger partial charge on any atom is 0.256 e. The first-order valence-electron chi connectivity index (χ1n) is 9.18. The van der Waals surface area contributed by atoms with Crippen molar-refractivity contribution in [1.29, 1.82) is 0 Å². The maximum absolute atomic E-state index is 13.0.